The predicted octanol–water partition coefficient (Wildman–Crippen LogP) is 2.26. The first-order valence-electron chi connectivity index (χ1n) is 7.28. The first-order chi connectivity index (χ1) is 9.95. The molecule has 1 aromatic rings. The van der Waals surface area contributed by atoms with E-state index in [4.69, 9.17) is 11.6 Å². The van der Waals surface area contributed by atoms with E-state index in [2.05, 4.69) is 5.32 Å². The maximum absolute atomic E-state index is 12.4. The summed E-state index contributed by atoms with van der Waals surface area (Å²) in [4.78, 5) is 25.8. The molecule has 4 nitrogen and oxygen atoms in total. The van der Waals surface area contributed by atoms with Crippen molar-refractivity contribution in [3.05, 3.63) is 34.9 Å². The fraction of sp³-hybridized carbons (Fsp3) is 0.500. The minimum absolute atomic E-state index is 0.0252. The third kappa shape index (κ3) is 4.46. The van der Waals surface area contributed by atoms with Crippen molar-refractivity contribution in [2.75, 3.05) is 13.1 Å². The molecule has 1 unspecified atom stereocenters. The number of amides is 2. The number of nitrogens with zero attached hydrogens (tertiary/aromatic N) is 1. The van der Waals surface area contributed by atoms with Crippen LogP contribution in [-0.2, 0) is 16.0 Å². The Morgan fingerprint density at radius 1 is 1.29 bits per heavy atom. The van der Waals surface area contributed by atoms with Crippen LogP contribution in [-0.4, -0.2) is 35.8 Å². The van der Waals surface area contributed by atoms with Gasteiger partial charge < -0.3 is 10.2 Å². The molecule has 1 aliphatic heterocycles. The van der Waals surface area contributed by atoms with Crippen LogP contribution in [0.1, 0.15) is 25.8 Å². The van der Waals surface area contributed by atoms with E-state index >= 15 is 0 Å². The number of hydrogen-bond acceptors (Lipinski definition) is 2. The second-order valence-electron chi connectivity index (χ2n) is 5.89. The molecule has 1 fully saturated rings. The molecule has 2 rings (SSSR count). The van der Waals surface area contributed by atoms with Gasteiger partial charge >= 0.3 is 0 Å². The summed E-state index contributed by atoms with van der Waals surface area (Å²) in [6.07, 6.45) is 1.41. The molecule has 0 aliphatic carbocycles. The number of piperazine rings is 1. The van der Waals surface area contributed by atoms with Crippen molar-refractivity contribution in [2.45, 2.75) is 32.7 Å². The molecule has 1 aromatic carbocycles. The van der Waals surface area contributed by atoms with Crippen LogP contribution in [0, 0.1) is 5.92 Å². The second kappa shape index (κ2) is 6.94. The molecule has 0 spiro atoms. The molecule has 0 bridgehead atoms. The monoisotopic (exact) mass is 308 g/mol. The molecular formula is C16H21ClN2O2. The lowest BCUT2D eigenvalue weighted by atomic mass is 10.0. The minimum Gasteiger partial charge on any atom is -0.343 e. The smallest absolute Gasteiger partial charge is 0.245 e. The van der Waals surface area contributed by atoms with Crippen LogP contribution in [0.3, 0.4) is 0 Å². The number of carbonyl (C=O) groups excluding carboxylic acids is 2. The maximum Gasteiger partial charge on any atom is 0.245 e. The van der Waals surface area contributed by atoms with Crippen LogP contribution in [0.2, 0.25) is 5.02 Å². The number of nitrogens with one attached hydrogen (secondary N) is 1. The average molecular weight is 309 g/mol. The number of carbonyl (C=O) groups is 2. The zero-order valence-corrected chi connectivity index (χ0v) is 13.2. The molecule has 1 saturated heterocycles. The Morgan fingerprint density at radius 3 is 2.57 bits per heavy atom. The standard InChI is InChI=1S/C16H21ClN2O2/c1-11(2)9-14-16(21)19(10-15(20)18-14)8-7-12-3-5-13(17)6-4-12/h3-6,11,14H,7-10H2,1-2H3,(H,18,20). The van der Waals surface area contributed by atoms with E-state index in [9.17, 15) is 9.59 Å². The summed E-state index contributed by atoms with van der Waals surface area (Å²) in [5, 5.41) is 3.48. The Balaban J connectivity index is 1.96. The van der Waals surface area contributed by atoms with Gasteiger partial charge in [0.1, 0.15) is 6.04 Å². The number of benzene rings is 1. The number of halogens is 1. The molecule has 1 aliphatic rings. The molecule has 5 heteroatoms. The van der Waals surface area contributed by atoms with Crippen LogP contribution in [0.5, 0.6) is 0 Å². The molecular weight excluding hydrogens is 288 g/mol. The first-order valence-corrected chi connectivity index (χ1v) is 7.66. The highest BCUT2D eigenvalue weighted by atomic mass is 35.5. The van der Waals surface area contributed by atoms with Gasteiger partial charge in [-0.2, -0.15) is 0 Å². The maximum atomic E-state index is 12.4. The fourth-order valence-electron chi connectivity index (χ4n) is 2.51. The number of hydrogen-bond donors (Lipinski definition) is 1. The average Bonchev–Trinajstić information content (AvgIpc) is 2.42. The second-order valence-corrected chi connectivity index (χ2v) is 6.32. The summed E-state index contributed by atoms with van der Waals surface area (Å²) in [6.45, 7) is 4.81. The number of rotatable bonds is 5. The summed E-state index contributed by atoms with van der Waals surface area (Å²) in [5.41, 5.74) is 1.11. The quantitative estimate of drug-likeness (QED) is 0.907. The molecule has 1 atom stereocenters. The van der Waals surface area contributed by atoms with E-state index in [1.54, 1.807) is 4.90 Å². The van der Waals surface area contributed by atoms with Crippen LogP contribution in [0.15, 0.2) is 24.3 Å². The third-order valence-electron chi connectivity index (χ3n) is 3.57. The third-order valence-corrected chi connectivity index (χ3v) is 3.82. The van der Waals surface area contributed by atoms with E-state index < -0.39 is 0 Å². The molecule has 21 heavy (non-hydrogen) atoms. The highest BCUT2D eigenvalue weighted by Crippen LogP contribution is 2.14. The van der Waals surface area contributed by atoms with Gasteiger partial charge in [-0.1, -0.05) is 37.6 Å². The Bertz CT molecular complexity index is 514. The molecule has 0 aromatic heterocycles. The summed E-state index contributed by atoms with van der Waals surface area (Å²) in [6, 6.07) is 7.19. The molecule has 0 radical (unpaired) electrons. The van der Waals surface area contributed by atoms with E-state index in [0.717, 1.165) is 12.0 Å². The lowest BCUT2D eigenvalue weighted by Gasteiger charge is -2.33. The van der Waals surface area contributed by atoms with Gasteiger partial charge in [0, 0.05) is 11.6 Å². The van der Waals surface area contributed by atoms with Gasteiger partial charge in [-0.05, 0) is 36.5 Å². The Kier molecular flexibility index (Phi) is 5.23. The van der Waals surface area contributed by atoms with Crippen molar-refractivity contribution < 1.29 is 9.59 Å². The first kappa shape index (κ1) is 15.8. The van der Waals surface area contributed by atoms with Gasteiger partial charge in [0.15, 0.2) is 0 Å². The van der Waals surface area contributed by atoms with Crippen molar-refractivity contribution in [1.82, 2.24) is 10.2 Å². The predicted molar refractivity (Wildman–Crippen MR) is 83.1 cm³/mol. The Labute approximate surface area is 130 Å². The SMILES string of the molecule is CC(C)CC1NC(=O)CN(CCc2ccc(Cl)cc2)C1=O. The van der Waals surface area contributed by atoms with Gasteiger partial charge in [0.25, 0.3) is 0 Å². The van der Waals surface area contributed by atoms with Crippen molar-refractivity contribution in [2.24, 2.45) is 5.92 Å². The van der Waals surface area contributed by atoms with Crippen LogP contribution < -0.4 is 5.32 Å². The zero-order valence-electron chi connectivity index (χ0n) is 12.4. The minimum atomic E-state index is -0.378. The topological polar surface area (TPSA) is 49.4 Å². The van der Waals surface area contributed by atoms with Gasteiger partial charge in [0.05, 0.1) is 6.54 Å². The van der Waals surface area contributed by atoms with Gasteiger partial charge in [-0.15, -0.1) is 0 Å². The lowest BCUT2D eigenvalue weighted by molar-refractivity contribution is -0.144. The van der Waals surface area contributed by atoms with E-state index in [-0.39, 0.29) is 24.4 Å². The van der Waals surface area contributed by atoms with Crippen LogP contribution in [0.25, 0.3) is 0 Å². The summed E-state index contributed by atoms with van der Waals surface area (Å²) < 4.78 is 0. The molecule has 2 amide bonds. The highest BCUT2D eigenvalue weighted by Gasteiger charge is 2.32. The van der Waals surface area contributed by atoms with E-state index in [1.165, 1.54) is 0 Å². The molecule has 1 N–H and O–H groups in total. The zero-order chi connectivity index (χ0) is 15.4. The molecule has 114 valence electrons. The molecule has 1 heterocycles. The fourth-order valence-corrected chi connectivity index (χ4v) is 2.63. The Hall–Kier alpha value is -1.55. The van der Waals surface area contributed by atoms with E-state index in [1.807, 2.05) is 38.1 Å². The van der Waals surface area contributed by atoms with Gasteiger partial charge in [-0.25, -0.2) is 0 Å². The van der Waals surface area contributed by atoms with Crippen molar-refractivity contribution >= 4 is 23.4 Å². The van der Waals surface area contributed by atoms with Crippen molar-refractivity contribution in [3.8, 4) is 0 Å². The van der Waals surface area contributed by atoms with Crippen LogP contribution in [0.4, 0.5) is 0 Å². The van der Waals surface area contributed by atoms with Gasteiger partial charge in [-0.3, -0.25) is 9.59 Å². The van der Waals surface area contributed by atoms with Crippen LogP contribution >= 0.6 is 11.6 Å². The van der Waals surface area contributed by atoms with Crippen molar-refractivity contribution in [3.63, 3.8) is 0 Å². The Morgan fingerprint density at radius 2 is 1.95 bits per heavy atom. The highest BCUT2D eigenvalue weighted by molar-refractivity contribution is 6.30. The van der Waals surface area contributed by atoms with E-state index in [0.29, 0.717) is 23.9 Å². The summed E-state index contributed by atoms with van der Waals surface area (Å²) in [7, 11) is 0. The largest absolute Gasteiger partial charge is 0.343 e. The van der Waals surface area contributed by atoms with Crippen molar-refractivity contribution in [1.29, 1.82) is 0 Å². The summed E-state index contributed by atoms with van der Waals surface area (Å²) >= 11 is 5.85. The van der Waals surface area contributed by atoms with Gasteiger partial charge in [0.2, 0.25) is 11.8 Å². The lowest BCUT2D eigenvalue weighted by Crippen LogP contribution is -2.58. The summed E-state index contributed by atoms with van der Waals surface area (Å²) in [5.74, 6) is 0.323. The normalized spacial score (nSPS) is 19.0. The molecule has 0 saturated carbocycles.